The molecule has 0 aromatic heterocycles. The maximum atomic E-state index is 12.8. The van der Waals surface area contributed by atoms with E-state index in [1.54, 1.807) is 39.5 Å². The van der Waals surface area contributed by atoms with Crippen LogP contribution >= 0.6 is 0 Å². The van der Waals surface area contributed by atoms with Crippen molar-refractivity contribution in [3.05, 3.63) is 53.6 Å². The number of benzene rings is 2. The van der Waals surface area contributed by atoms with Gasteiger partial charge in [0.05, 0.1) is 26.9 Å². The molecule has 4 nitrogen and oxygen atoms in total. The number of rotatable bonds is 6. The molecule has 23 heavy (non-hydrogen) atoms. The highest BCUT2D eigenvalue weighted by molar-refractivity contribution is 6.03. The summed E-state index contributed by atoms with van der Waals surface area (Å²) in [5, 5.41) is 0. The van der Waals surface area contributed by atoms with Crippen LogP contribution < -0.4 is 14.2 Å². The number of ketones is 1. The first kappa shape index (κ1) is 15.4. The minimum Gasteiger partial charge on any atom is -0.497 e. The van der Waals surface area contributed by atoms with Crippen molar-refractivity contribution in [3.8, 4) is 17.2 Å². The number of carbonyl (C=O) groups excluding carboxylic acids is 1. The van der Waals surface area contributed by atoms with Crippen molar-refractivity contribution in [2.24, 2.45) is 5.92 Å². The second-order valence-corrected chi connectivity index (χ2v) is 5.65. The molecule has 4 heteroatoms. The molecule has 1 fully saturated rings. The van der Waals surface area contributed by atoms with E-state index in [9.17, 15) is 4.79 Å². The molecular weight excluding hydrogens is 292 g/mol. The van der Waals surface area contributed by atoms with Crippen LogP contribution in [-0.2, 0) is 0 Å². The van der Waals surface area contributed by atoms with E-state index in [0.29, 0.717) is 17.1 Å². The fraction of sp³-hybridized carbons (Fsp3) is 0.316. The Morgan fingerprint density at radius 2 is 1.57 bits per heavy atom. The molecule has 2 unspecified atom stereocenters. The summed E-state index contributed by atoms with van der Waals surface area (Å²) in [6, 6.07) is 13.2. The first-order chi connectivity index (χ1) is 11.2. The first-order valence-electron chi connectivity index (χ1n) is 7.58. The Hall–Kier alpha value is -2.49. The second kappa shape index (κ2) is 6.32. The van der Waals surface area contributed by atoms with Crippen molar-refractivity contribution >= 4 is 5.78 Å². The molecule has 2 aromatic carbocycles. The Morgan fingerprint density at radius 1 is 0.913 bits per heavy atom. The molecule has 1 saturated carbocycles. The predicted molar refractivity (Wildman–Crippen MR) is 87.7 cm³/mol. The van der Waals surface area contributed by atoms with Gasteiger partial charge in [0.1, 0.15) is 17.2 Å². The summed E-state index contributed by atoms with van der Waals surface area (Å²) in [6.07, 6.45) is 0.867. The van der Waals surface area contributed by atoms with Gasteiger partial charge < -0.3 is 14.2 Å². The fourth-order valence-corrected chi connectivity index (χ4v) is 2.91. The average molecular weight is 312 g/mol. The number of carbonyl (C=O) groups is 1. The quantitative estimate of drug-likeness (QED) is 0.763. The molecule has 2 atom stereocenters. The zero-order chi connectivity index (χ0) is 16.4. The molecule has 1 aliphatic rings. The van der Waals surface area contributed by atoms with Gasteiger partial charge in [-0.3, -0.25) is 4.79 Å². The molecule has 3 rings (SSSR count). The third kappa shape index (κ3) is 3.02. The highest BCUT2D eigenvalue weighted by Gasteiger charge is 2.44. The Morgan fingerprint density at radius 3 is 2.17 bits per heavy atom. The highest BCUT2D eigenvalue weighted by atomic mass is 16.5. The van der Waals surface area contributed by atoms with Gasteiger partial charge >= 0.3 is 0 Å². The first-order valence-corrected chi connectivity index (χ1v) is 7.58. The third-order valence-electron chi connectivity index (χ3n) is 4.34. The van der Waals surface area contributed by atoms with Crippen LogP contribution in [0.4, 0.5) is 0 Å². The Labute approximate surface area is 136 Å². The largest absolute Gasteiger partial charge is 0.497 e. The number of ether oxygens (including phenoxy) is 3. The van der Waals surface area contributed by atoms with Gasteiger partial charge in [0.25, 0.3) is 0 Å². The van der Waals surface area contributed by atoms with Gasteiger partial charge in [-0.1, -0.05) is 12.1 Å². The molecule has 0 spiro atoms. The summed E-state index contributed by atoms with van der Waals surface area (Å²) in [5.74, 6) is 2.47. The molecule has 0 aliphatic heterocycles. The predicted octanol–water partition coefficient (Wildman–Crippen LogP) is 3.70. The number of hydrogen-bond donors (Lipinski definition) is 0. The van der Waals surface area contributed by atoms with Crippen LogP contribution in [0.1, 0.15) is 28.3 Å². The molecule has 120 valence electrons. The molecule has 0 N–H and O–H groups in total. The van der Waals surface area contributed by atoms with Crippen LogP contribution in [0.15, 0.2) is 42.5 Å². The van der Waals surface area contributed by atoms with E-state index < -0.39 is 0 Å². The molecule has 0 radical (unpaired) electrons. The van der Waals surface area contributed by atoms with Gasteiger partial charge in [-0.2, -0.15) is 0 Å². The molecule has 1 aliphatic carbocycles. The lowest BCUT2D eigenvalue weighted by atomic mass is 10.0. The van der Waals surface area contributed by atoms with E-state index in [-0.39, 0.29) is 17.6 Å². The van der Waals surface area contributed by atoms with Crippen molar-refractivity contribution < 1.29 is 19.0 Å². The second-order valence-electron chi connectivity index (χ2n) is 5.65. The van der Waals surface area contributed by atoms with E-state index in [1.165, 1.54) is 5.56 Å². The van der Waals surface area contributed by atoms with Crippen molar-refractivity contribution in [3.63, 3.8) is 0 Å². The van der Waals surface area contributed by atoms with Crippen LogP contribution in [-0.4, -0.2) is 27.1 Å². The molecule has 0 saturated heterocycles. The minimum absolute atomic E-state index is 0.00408. The lowest BCUT2D eigenvalue weighted by molar-refractivity contribution is 0.0962. The standard InChI is InChI=1S/C19H20O4/c1-21-13-6-4-12(5-7-13)15-11-16(15)19(20)17-10-14(22-2)8-9-18(17)23-3/h4-10,15-16H,11H2,1-3H3. The number of methoxy groups -OCH3 is 3. The smallest absolute Gasteiger partial charge is 0.170 e. The Bertz CT molecular complexity index is 706. The van der Waals surface area contributed by atoms with Crippen LogP contribution in [0.3, 0.4) is 0 Å². The van der Waals surface area contributed by atoms with Crippen LogP contribution in [0, 0.1) is 5.92 Å². The van der Waals surface area contributed by atoms with Gasteiger partial charge in [0.2, 0.25) is 0 Å². The molecule has 0 bridgehead atoms. The topological polar surface area (TPSA) is 44.8 Å². The van der Waals surface area contributed by atoms with E-state index in [1.807, 2.05) is 24.3 Å². The lowest BCUT2D eigenvalue weighted by Gasteiger charge is -2.09. The summed E-state index contributed by atoms with van der Waals surface area (Å²) < 4.78 is 15.7. The van der Waals surface area contributed by atoms with Crippen molar-refractivity contribution in [1.82, 2.24) is 0 Å². The zero-order valence-corrected chi connectivity index (χ0v) is 13.5. The zero-order valence-electron chi connectivity index (χ0n) is 13.5. The fourth-order valence-electron chi connectivity index (χ4n) is 2.91. The van der Waals surface area contributed by atoms with Crippen LogP contribution in [0.5, 0.6) is 17.2 Å². The normalized spacial score (nSPS) is 19.1. The molecule has 0 amide bonds. The summed E-state index contributed by atoms with van der Waals surface area (Å²) in [4.78, 5) is 12.8. The average Bonchev–Trinajstić information content (AvgIpc) is 3.41. The van der Waals surface area contributed by atoms with E-state index in [2.05, 4.69) is 0 Å². The molecular formula is C19H20O4. The molecule has 0 heterocycles. The summed E-state index contributed by atoms with van der Waals surface area (Å²) in [7, 11) is 4.81. The summed E-state index contributed by atoms with van der Waals surface area (Å²) >= 11 is 0. The van der Waals surface area contributed by atoms with Gasteiger partial charge in [-0.15, -0.1) is 0 Å². The van der Waals surface area contributed by atoms with Crippen molar-refractivity contribution in [1.29, 1.82) is 0 Å². The van der Waals surface area contributed by atoms with Gasteiger partial charge in [0.15, 0.2) is 5.78 Å². The Kier molecular flexibility index (Phi) is 4.24. The van der Waals surface area contributed by atoms with E-state index in [4.69, 9.17) is 14.2 Å². The van der Waals surface area contributed by atoms with Crippen molar-refractivity contribution in [2.75, 3.05) is 21.3 Å². The lowest BCUT2D eigenvalue weighted by Crippen LogP contribution is -2.06. The van der Waals surface area contributed by atoms with Crippen LogP contribution in [0.25, 0.3) is 0 Å². The van der Waals surface area contributed by atoms with E-state index in [0.717, 1.165) is 12.2 Å². The van der Waals surface area contributed by atoms with Gasteiger partial charge in [-0.05, 0) is 48.2 Å². The number of hydrogen-bond acceptors (Lipinski definition) is 4. The monoisotopic (exact) mass is 312 g/mol. The third-order valence-corrected chi connectivity index (χ3v) is 4.34. The summed E-state index contributed by atoms with van der Waals surface area (Å²) in [5.41, 5.74) is 1.76. The van der Waals surface area contributed by atoms with Gasteiger partial charge in [0, 0.05) is 5.92 Å². The van der Waals surface area contributed by atoms with Crippen LogP contribution in [0.2, 0.25) is 0 Å². The van der Waals surface area contributed by atoms with E-state index >= 15 is 0 Å². The van der Waals surface area contributed by atoms with Crippen molar-refractivity contribution in [2.45, 2.75) is 12.3 Å². The number of Topliss-reactive ketones (excluding diaryl/α,β-unsaturated/α-hetero) is 1. The van der Waals surface area contributed by atoms with Gasteiger partial charge in [-0.25, -0.2) is 0 Å². The highest BCUT2D eigenvalue weighted by Crippen LogP contribution is 2.50. The summed E-state index contributed by atoms with van der Waals surface area (Å²) in [6.45, 7) is 0. The molecule has 2 aromatic rings. The maximum Gasteiger partial charge on any atom is 0.170 e. The Balaban J connectivity index is 1.79. The SMILES string of the molecule is COc1ccc(C2CC2C(=O)c2cc(OC)ccc2OC)cc1. The maximum absolute atomic E-state index is 12.8. The minimum atomic E-state index is 0.00408.